The lowest BCUT2D eigenvalue weighted by Gasteiger charge is -2.27. The third-order valence-corrected chi connectivity index (χ3v) is 4.97. The van der Waals surface area contributed by atoms with Gasteiger partial charge in [0.05, 0.1) is 12.7 Å². The van der Waals surface area contributed by atoms with Crippen molar-refractivity contribution in [1.29, 1.82) is 0 Å². The molecule has 0 spiro atoms. The zero-order valence-electron chi connectivity index (χ0n) is 13.3. The van der Waals surface area contributed by atoms with E-state index in [1.54, 1.807) is 0 Å². The first-order valence-electron chi connectivity index (χ1n) is 8.06. The van der Waals surface area contributed by atoms with Crippen LogP contribution in [0.5, 0.6) is 0 Å². The third-order valence-electron chi connectivity index (χ3n) is 4.97. The topological polar surface area (TPSA) is 40.5 Å². The van der Waals surface area contributed by atoms with Gasteiger partial charge in [-0.2, -0.15) is 0 Å². The highest BCUT2D eigenvalue weighted by atomic mass is 16.3. The van der Waals surface area contributed by atoms with E-state index in [0.717, 1.165) is 6.42 Å². The van der Waals surface area contributed by atoms with Gasteiger partial charge in [-0.15, -0.1) is 0 Å². The van der Waals surface area contributed by atoms with E-state index in [9.17, 15) is 10.2 Å². The summed E-state index contributed by atoms with van der Waals surface area (Å²) >= 11 is 0. The molecule has 0 unspecified atom stereocenters. The smallest absolute Gasteiger partial charge is 0.0777 e. The van der Waals surface area contributed by atoms with Gasteiger partial charge in [0.2, 0.25) is 0 Å². The normalized spacial score (nSPS) is 21.6. The molecule has 0 heterocycles. The maximum absolute atomic E-state index is 10.00. The quantitative estimate of drug-likeness (QED) is 0.909. The van der Waals surface area contributed by atoms with E-state index < -0.39 is 6.10 Å². The van der Waals surface area contributed by atoms with Crippen molar-refractivity contribution in [2.45, 2.75) is 44.6 Å². The zero-order valence-corrected chi connectivity index (χ0v) is 13.3. The lowest BCUT2D eigenvalue weighted by Crippen LogP contribution is -2.20. The minimum atomic E-state index is -0.660. The fourth-order valence-electron chi connectivity index (χ4n) is 3.75. The standard InChI is InChI=1S/C20H24O2/c1-13-7-8-16-10-15-5-3-4-6-18(15)20(11-17(22)12-21)14(2)19(16)9-13/h3-9,14,17,20-22H,10-12H2,1-2H3/t14-,17-,20-/m1/s1. The van der Waals surface area contributed by atoms with E-state index in [1.807, 2.05) is 0 Å². The molecule has 1 aliphatic rings. The molecule has 3 atom stereocenters. The summed E-state index contributed by atoms with van der Waals surface area (Å²) in [4.78, 5) is 0. The maximum Gasteiger partial charge on any atom is 0.0777 e. The average Bonchev–Trinajstić information content (AvgIpc) is 2.64. The Labute approximate surface area is 132 Å². The Balaban J connectivity index is 2.11. The highest BCUT2D eigenvalue weighted by molar-refractivity contribution is 5.46. The Morgan fingerprint density at radius 1 is 1.09 bits per heavy atom. The van der Waals surface area contributed by atoms with E-state index in [4.69, 9.17) is 0 Å². The molecule has 2 N–H and O–H groups in total. The summed E-state index contributed by atoms with van der Waals surface area (Å²) in [7, 11) is 0. The SMILES string of the molecule is Cc1ccc2c(c1)[C@@H](C)[C@@H](C[C@@H](O)CO)c1ccccc1C2. The number of aryl methyl sites for hydroxylation is 1. The number of aliphatic hydroxyl groups excluding tert-OH is 2. The van der Waals surface area contributed by atoms with Crippen LogP contribution in [0.3, 0.4) is 0 Å². The first-order valence-corrected chi connectivity index (χ1v) is 8.06. The molecular formula is C20H24O2. The second-order valence-corrected chi connectivity index (χ2v) is 6.55. The van der Waals surface area contributed by atoms with Crippen LogP contribution >= 0.6 is 0 Å². The number of fused-ring (bicyclic) bond motifs is 2. The Hall–Kier alpha value is -1.64. The van der Waals surface area contributed by atoms with Gasteiger partial charge >= 0.3 is 0 Å². The average molecular weight is 296 g/mol. The molecule has 116 valence electrons. The van der Waals surface area contributed by atoms with Crippen LogP contribution in [0.4, 0.5) is 0 Å². The molecule has 0 radical (unpaired) electrons. The molecule has 3 rings (SSSR count). The Kier molecular flexibility index (Phi) is 4.32. The van der Waals surface area contributed by atoms with Crippen molar-refractivity contribution in [2.75, 3.05) is 6.61 Å². The summed E-state index contributed by atoms with van der Waals surface area (Å²) in [5.41, 5.74) is 6.69. The predicted molar refractivity (Wildman–Crippen MR) is 89.3 cm³/mol. The van der Waals surface area contributed by atoms with Crippen LogP contribution in [0, 0.1) is 6.92 Å². The summed E-state index contributed by atoms with van der Waals surface area (Å²) in [6, 6.07) is 15.2. The van der Waals surface area contributed by atoms with Crippen LogP contribution in [0.2, 0.25) is 0 Å². The maximum atomic E-state index is 10.00. The zero-order chi connectivity index (χ0) is 15.7. The number of benzene rings is 2. The highest BCUT2D eigenvalue weighted by Gasteiger charge is 2.29. The predicted octanol–water partition coefficient (Wildman–Crippen LogP) is 3.53. The Morgan fingerprint density at radius 3 is 2.59 bits per heavy atom. The molecule has 2 aromatic carbocycles. The van der Waals surface area contributed by atoms with Crippen LogP contribution in [0.15, 0.2) is 42.5 Å². The largest absolute Gasteiger partial charge is 0.394 e. The van der Waals surface area contributed by atoms with Gasteiger partial charge in [-0.3, -0.25) is 0 Å². The molecule has 2 heteroatoms. The molecule has 2 nitrogen and oxygen atoms in total. The lowest BCUT2D eigenvalue weighted by atomic mass is 9.79. The Morgan fingerprint density at radius 2 is 1.82 bits per heavy atom. The van der Waals surface area contributed by atoms with Crippen molar-refractivity contribution in [3.05, 3.63) is 70.3 Å². The lowest BCUT2D eigenvalue weighted by molar-refractivity contribution is 0.0801. The van der Waals surface area contributed by atoms with E-state index in [1.165, 1.54) is 27.8 Å². The molecule has 0 bridgehead atoms. The van der Waals surface area contributed by atoms with E-state index in [-0.39, 0.29) is 12.5 Å². The van der Waals surface area contributed by atoms with Crippen molar-refractivity contribution in [1.82, 2.24) is 0 Å². The fraction of sp³-hybridized carbons (Fsp3) is 0.400. The number of hydrogen-bond donors (Lipinski definition) is 2. The van der Waals surface area contributed by atoms with Crippen molar-refractivity contribution in [3.8, 4) is 0 Å². The van der Waals surface area contributed by atoms with Gasteiger partial charge in [-0.1, -0.05) is 55.0 Å². The Bertz CT molecular complexity index is 663. The molecule has 0 saturated heterocycles. The third kappa shape index (κ3) is 2.81. The van der Waals surface area contributed by atoms with Crippen molar-refractivity contribution in [3.63, 3.8) is 0 Å². The van der Waals surface area contributed by atoms with Gasteiger partial charge in [0.15, 0.2) is 0 Å². The number of aliphatic hydroxyl groups is 2. The van der Waals surface area contributed by atoms with Crippen molar-refractivity contribution < 1.29 is 10.2 Å². The van der Waals surface area contributed by atoms with Gasteiger partial charge in [0.25, 0.3) is 0 Å². The minimum absolute atomic E-state index is 0.175. The van der Waals surface area contributed by atoms with E-state index in [2.05, 4.69) is 56.3 Å². The molecule has 2 aromatic rings. The molecule has 22 heavy (non-hydrogen) atoms. The van der Waals surface area contributed by atoms with Crippen LogP contribution in [0.1, 0.15) is 53.0 Å². The van der Waals surface area contributed by atoms with Crippen LogP contribution in [-0.4, -0.2) is 22.9 Å². The van der Waals surface area contributed by atoms with Gasteiger partial charge < -0.3 is 10.2 Å². The van der Waals surface area contributed by atoms with Crippen LogP contribution in [-0.2, 0) is 6.42 Å². The second-order valence-electron chi connectivity index (χ2n) is 6.55. The molecule has 0 aromatic heterocycles. The first-order chi connectivity index (χ1) is 10.6. The summed E-state index contributed by atoms with van der Waals surface area (Å²) in [5, 5.41) is 19.3. The van der Waals surface area contributed by atoms with Gasteiger partial charge in [0.1, 0.15) is 0 Å². The molecule has 0 saturated carbocycles. The number of hydrogen-bond acceptors (Lipinski definition) is 2. The fourth-order valence-corrected chi connectivity index (χ4v) is 3.75. The molecular weight excluding hydrogens is 272 g/mol. The summed E-state index contributed by atoms with van der Waals surface area (Å²) in [6.45, 7) is 4.20. The first kappa shape index (κ1) is 15.3. The monoisotopic (exact) mass is 296 g/mol. The van der Waals surface area contributed by atoms with Crippen LogP contribution < -0.4 is 0 Å². The number of rotatable bonds is 3. The molecule has 1 aliphatic carbocycles. The molecule has 0 amide bonds. The summed E-state index contributed by atoms with van der Waals surface area (Å²) in [5.74, 6) is 0.571. The second kappa shape index (κ2) is 6.23. The minimum Gasteiger partial charge on any atom is -0.394 e. The van der Waals surface area contributed by atoms with Gasteiger partial charge in [-0.25, -0.2) is 0 Å². The van der Waals surface area contributed by atoms with E-state index in [0.29, 0.717) is 12.3 Å². The van der Waals surface area contributed by atoms with Crippen molar-refractivity contribution >= 4 is 0 Å². The summed E-state index contributed by atoms with van der Waals surface area (Å²) in [6.07, 6.45) is 0.885. The molecule has 0 fully saturated rings. The van der Waals surface area contributed by atoms with Gasteiger partial charge in [-0.05, 0) is 53.9 Å². The van der Waals surface area contributed by atoms with Crippen LogP contribution in [0.25, 0.3) is 0 Å². The highest BCUT2D eigenvalue weighted by Crippen LogP contribution is 2.43. The van der Waals surface area contributed by atoms with Crippen molar-refractivity contribution in [2.24, 2.45) is 0 Å². The summed E-state index contributed by atoms with van der Waals surface area (Å²) < 4.78 is 0. The van der Waals surface area contributed by atoms with E-state index >= 15 is 0 Å². The van der Waals surface area contributed by atoms with Gasteiger partial charge in [0, 0.05) is 0 Å². The molecule has 0 aliphatic heterocycles.